The van der Waals surface area contributed by atoms with Gasteiger partial charge in [-0.3, -0.25) is 9.59 Å². The lowest BCUT2D eigenvalue weighted by molar-refractivity contribution is -0.142. The summed E-state index contributed by atoms with van der Waals surface area (Å²) in [5.41, 5.74) is 0.899. The van der Waals surface area contributed by atoms with Crippen molar-refractivity contribution in [2.24, 2.45) is 0 Å². The molecule has 3 rings (SSSR count). The van der Waals surface area contributed by atoms with Gasteiger partial charge in [0.2, 0.25) is 5.91 Å². The lowest BCUT2D eigenvalue weighted by Crippen LogP contribution is -2.49. The lowest BCUT2D eigenvalue weighted by Gasteiger charge is -2.28. The van der Waals surface area contributed by atoms with Crippen LogP contribution < -0.4 is 14.8 Å². The molecule has 162 valence electrons. The summed E-state index contributed by atoms with van der Waals surface area (Å²) in [6, 6.07) is 20.4. The minimum Gasteiger partial charge on any atom is -0.497 e. The first-order valence-electron chi connectivity index (χ1n) is 10.3. The van der Waals surface area contributed by atoms with Crippen molar-refractivity contribution in [1.29, 1.82) is 0 Å². The van der Waals surface area contributed by atoms with Crippen molar-refractivity contribution >= 4 is 22.6 Å². The van der Waals surface area contributed by atoms with Gasteiger partial charge in [0.15, 0.2) is 6.61 Å². The number of carbonyl (C=O) groups excluding carboxylic acids is 2. The summed E-state index contributed by atoms with van der Waals surface area (Å²) in [6.07, 6.45) is 0. The van der Waals surface area contributed by atoms with Crippen LogP contribution in [-0.4, -0.2) is 43.0 Å². The third-order valence-corrected chi connectivity index (χ3v) is 5.13. The summed E-state index contributed by atoms with van der Waals surface area (Å²) < 4.78 is 11.1. The molecule has 0 radical (unpaired) electrons. The Morgan fingerprint density at radius 2 is 1.71 bits per heavy atom. The van der Waals surface area contributed by atoms with Gasteiger partial charge in [-0.05, 0) is 43.0 Å². The average Bonchev–Trinajstić information content (AvgIpc) is 2.81. The first-order valence-corrected chi connectivity index (χ1v) is 10.3. The number of carbonyl (C=O) groups is 2. The molecule has 31 heavy (non-hydrogen) atoms. The van der Waals surface area contributed by atoms with Crippen LogP contribution in [0.1, 0.15) is 19.4 Å². The number of rotatable bonds is 9. The van der Waals surface area contributed by atoms with E-state index in [9.17, 15) is 9.59 Å². The van der Waals surface area contributed by atoms with E-state index in [1.165, 1.54) is 4.90 Å². The van der Waals surface area contributed by atoms with Gasteiger partial charge in [0, 0.05) is 18.5 Å². The van der Waals surface area contributed by atoms with Crippen LogP contribution in [0.2, 0.25) is 0 Å². The largest absolute Gasteiger partial charge is 0.497 e. The monoisotopic (exact) mass is 420 g/mol. The molecule has 0 saturated carbocycles. The molecule has 0 unspecified atom stereocenters. The van der Waals surface area contributed by atoms with Crippen LogP contribution in [0.4, 0.5) is 0 Å². The fraction of sp³-hybridized carbons (Fsp3) is 0.280. The van der Waals surface area contributed by atoms with Gasteiger partial charge in [0.25, 0.3) is 5.91 Å². The van der Waals surface area contributed by atoms with Gasteiger partial charge in [-0.25, -0.2) is 0 Å². The van der Waals surface area contributed by atoms with E-state index in [1.54, 1.807) is 14.0 Å². The van der Waals surface area contributed by atoms with E-state index in [2.05, 4.69) is 5.32 Å². The van der Waals surface area contributed by atoms with Crippen LogP contribution in [0.15, 0.2) is 66.7 Å². The molecule has 0 heterocycles. The summed E-state index contributed by atoms with van der Waals surface area (Å²) in [5.74, 6) is 0.913. The molecule has 2 amide bonds. The number of hydrogen-bond donors (Lipinski definition) is 1. The highest BCUT2D eigenvalue weighted by molar-refractivity contribution is 5.90. The van der Waals surface area contributed by atoms with Crippen molar-refractivity contribution in [3.8, 4) is 11.5 Å². The van der Waals surface area contributed by atoms with E-state index in [-0.39, 0.29) is 18.4 Å². The number of amides is 2. The van der Waals surface area contributed by atoms with E-state index in [1.807, 2.05) is 73.7 Å². The normalized spacial score (nSPS) is 11.6. The second kappa shape index (κ2) is 10.5. The molecule has 6 nitrogen and oxygen atoms in total. The Morgan fingerprint density at radius 3 is 2.42 bits per heavy atom. The SMILES string of the molecule is CCNC(=O)[C@H](C)N(Cc1ccc(OC)cc1)C(=O)COc1cccc2ccccc12. The summed E-state index contributed by atoms with van der Waals surface area (Å²) in [5, 5.41) is 4.77. The van der Waals surface area contributed by atoms with E-state index in [0.29, 0.717) is 18.8 Å². The molecule has 0 aliphatic carbocycles. The minimum absolute atomic E-state index is 0.159. The Kier molecular flexibility index (Phi) is 7.49. The summed E-state index contributed by atoms with van der Waals surface area (Å²) in [7, 11) is 1.60. The number of nitrogens with zero attached hydrogens (tertiary/aromatic N) is 1. The molecule has 0 aliphatic heterocycles. The fourth-order valence-corrected chi connectivity index (χ4v) is 3.38. The van der Waals surface area contributed by atoms with E-state index < -0.39 is 6.04 Å². The number of nitrogens with one attached hydrogen (secondary N) is 1. The Hall–Kier alpha value is -3.54. The summed E-state index contributed by atoms with van der Waals surface area (Å²) in [6.45, 7) is 4.21. The molecule has 0 aliphatic rings. The number of fused-ring (bicyclic) bond motifs is 1. The van der Waals surface area contributed by atoms with Crippen molar-refractivity contribution in [3.05, 3.63) is 72.3 Å². The maximum Gasteiger partial charge on any atom is 0.261 e. The quantitative estimate of drug-likeness (QED) is 0.572. The Bertz CT molecular complexity index is 1030. The molecule has 3 aromatic carbocycles. The second-order valence-corrected chi connectivity index (χ2v) is 7.21. The molecular formula is C25H28N2O4. The number of likely N-dealkylation sites (N-methyl/N-ethyl adjacent to an activating group) is 1. The smallest absolute Gasteiger partial charge is 0.261 e. The summed E-state index contributed by atoms with van der Waals surface area (Å²) >= 11 is 0. The highest BCUT2D eigenvalue weighted by Gasteiger charge is 2.26. The van der Waals surface area contributed by atoms with E-state index in [4.69, 9.17) is 9.47 Å². The van der Waals surface area contributed by atoms with E-state index in [0.717, 1.165) is 22.1 Å². The predicted molar refractivity (Wildman–Crippen MR) is 121 cm³/mol. The van der Waals surface area contributed by atoms with Crippen molar-refractivity contribution in [2.45, 2.75) is 26.4 Å². The standard InChI is InChI=1S/C25H28N2O4/c1-4-26-25(29)18(2)27(16-19-12-14-21(30-3)15-13-19)24(28)17-31-23-11-7-9-20-8-5-6-10-22(20)23/h5-15,18H,4,16-17H2,1-3H3,(H,26,29)/t18-/m0/s1. The first-order chi connectivity index (χ1) is 15.0. The second-order valence-electron chi connectivity index (χ2n) is 7.21. The third-order valence-electron chi connectivity index (χ3n) is 5.13. The molecule has 1 atom stereocenters. The fourth-order valence-electron chi connectivity index (χ4n) is 3.38. The molecule has 3 aromatic rings. The van der Waals surface area contributed by atoms with Crippen molar-refractivity contribution in [1.82, 2.24) is 10.2 Å². The van der Waals surface area contributed by atoms with Crippen LogP contribution in [0.25, 0.3) is 10.8 Å². The Labute approximate surface area is 182 Å². The topological polar surface area (TPSA) is 67.9 Å². The zero-order valence-electron chi connectivity index (χ0n) is 18.1. The first kappa shape index (κ1) is 22.2. The molecule has 0 saturated heterocycles. The summed E-state index contributed by atoms with van der Waals surface area (Å²) in [4.78, 5) is 27.1. The lowest BCUT2D eigenvalue weighted by atomic mass is 10.1. The average molecular weight is 421 g/mol. The molecule has 1 N–H and O–H groups in total. The highest BCUT2D eigenvalue weighted by atomic mass is 16.5. The maximum atomic E-state index is 13.1. The zero-order valence-corrected chi connectivity index (χ0v) is 18.1. The van der Waals surface area contributed by atoms with Gasteiger partial charge in [-0.2, -0.15) is 0 Å². The van der Waals surface area contributed by atoms with Crippen LogP contribution in [0.5, 0.6) is 11.5 Å². The van der Waals surface area contributed by atoms with Gasteiger partial charge < -0.3 is 19.7 Å². The van der Waals surface area contributed by atoms with Gasteiger partial charge in [0.05, 0.1) is 7.11 Å². The Morgan fingerprint density at radius 1 is 1.00 bits per heavy atom. The van der Waals surface area contributed by atoms with E-state index >= 15 is 0 Å². The molecule has 6 heteroatoms. The minimum atomic E-state index is -0.634. The van der Waals surface area contributed by atoms with Gasteiger partial charge in [-0.15, -0.1) is 0 Å². The maximum absolute atomic E-state index is 13.1. The van der Waals surface area contributed by atoms with Gasteiger partial charge in [0.1, 0.15) is 17.5 Å². The predicted octanol–water partition coefficient (Wildman–Crippen LogP) is 3.78. The number of benzene rings is 3. The molecular weight excluding hydrogens is 392 g/mol. The van der Waals surface area contributed by atoms with Gasteiger partial charge >= 0.3 is 0 Å². The Balaban J connectivity index is 1.78. The molecule has 0 fully saturated rings. The molecule has 0 aromatic heterocycles. The van der Waals surface area contributed by atoms with Crippen molar-refractivity contribution in [2.75, 3.05) is 20.3 Å². The van der Waals surface area contributed by atoms with Crippen LogP contribution in [-0.2, 0) is 16.1 Å². The number of methoxy groups -OCH3 is 1. The number of hydrogen-bond acceptors (Lipinski definition) is 4. The van der Waals surface area contributed by atoms with Crippen molar-refractivity contribution in [3.63, 3.8) is 0 Å². The molecule has 0 spiro atoms. The van der Waals surface area contributed by atoms with Gasteiger partial charge in [-0.1, -0.05) is 48.5 Å². The highest BCUT2D eigenvalue weighted by Crippen LogP contribution is 2.25. The van der Waals surface area contributed by atoms with Crippen molar-refractivity contribution < 1.29 is 19.1 Å². The molecule has 0 bridgehead atoms. The van der Waals surface area contributed by atoms with Crippen LogP contribution in [0, 0.1) is 0 Å². The number of ether oxygens (including phenoxy) is 2. The third kappa shape index (κ3) is 5.54. The van der Waals surface area contributed by atoms with Crippen LogP contribution >= 0.6 is 0 Å². The van der Waals surface area contributed by atoms with Crippen LogP contribution in [0.3, 0.4) is 0 Å². The zero-order chi connectivity index (χ0) is 22.2.